The van der Waals surface area contributed by atoms with Gasteiger partial charge in [0.2, 0.25) is 0 Å². The molecule has 4 rings (SSSR count). The Morgan fingerprint density at radius 2 is 2.00 bits per heavy atom. The number of benzene rings is 2. The first-order chi connectivity index (χ1) is 12.1. The topological polar surface area (TPSA) is 49.8 Å². The molecule has 1 saturated heterocycles. The second kappa shape index (κ2) is 6.27. The van der Waals surface area contributed by atoms with Crippen LogP contribution in [-0.4, -0.2) is 47.3 Å². The van der Waals surface area contributed by atoms with Gasteiger partial charge in [0.15, 0.2) is 0 Å². The van der Waals surface area contributed by atoms with Crippen LogP contribution in [0.4, 0.5) is 0 Å². The lowest BCUT2D eigenvalue weighted by molar-refractivity contribution is -0.0824. The summed E-state index contributed by atoms with van der Waals surface area (Å²) in [6, 6.07) is 11.2. The third-order valence-corrected chi connectivity index (χ3v) is 6.25. The molecule has 132 valence electrons. The number of ether oxygens (including phenoxy) is 1. The summed E-state index contributed by atoms with van der Waals surface area (Å²) in [5.41, 5.74) is 0.337. The minimum Gasteiger partial charge on any atom is -0.393 e. The first-order valence-electron chi connectivity index (χ1n) is 8.77. The number of amides is 1. The summed E-state index contributed by atoms with van der Waals surface area (Å²) in [5, 5.41) is 12.5. The van der Waals surface area contributed by atoms with Crippen molar-refractivity contribution in [1.82, 2.24) is 4.90 Å². The van der Waals surface area contributed by atoms with E-state index in [1.807, 2.05) is 41.3 Å². The SMILES string of the molecule is CO[C@@]12CC[C@@H](O)C[C@@H]1N(C(=O)c1cccc3c(Cl)cccc13)CC2. The zero-order valence-electron chi connectivity index (χ0n) is 14.2. The predicted octanol–water partition coefficient (Wildman–Crippen LogP) is 3.64. The molecule has 5 heteroatoms. The zero-order valence-corrected chi connectivity index (χ0v) is 15.0. The molecular weight excluding hydrogens is 338 g/mol. The molecule has 1 saturated carbocycles. The molecule has 25 heavy (non-hydrogen) atoms. The smallest absolute Gasteiger partial charge is 0.254 e. The second-order valence-electron chi connectivity index (χ2n) is 7.10. The molecule has 1 amide bonds. The fraction of sp³-hybridized carbons (Fsp3) is 0.450. The highest BCUT2D eigenvalue weighted by Gasteiger charge is 2.52. The number of fused-ring (bicyclic) bond motifs is 2. The van der Waals surface area contributed by atoms with Gasteiger partial charge in [0.1, 0.15) is 0 Å². The maximum Gasteiger partial charge on any atom is 0.254 e. The standard InChI is InChI=1S/C20H22ClNO3/c1-25-20-9-8-13(23)12-18(20)22(11-10-20)19(24)16-6-2-5-15-14(16)4-3-7-17(15)21/h2-7,13,18,23H,8-12H2,1H3/t13-,18+,20-/m1/s1. The molecule has 2 aromatic carbocycles. The lowest BCUT2D eigenvalue weighted by Gasteiger charge is -2.42. The number of methoxy groups -OCH3 is 1. The van der Waals surface area contributed by atoms with Gasteiger partial charge in [0, 0.05) is 29.6 Å². The molecule has 0 aromatic heterocycles. The van der Waals surface area contributed by atoms with Gasteiger partial charge in [0.05, 0.1) is 17.7 Å². The summed E-state index contributed by atoms with van der Waals surface area (Å²) in [6.45, 7) is 0.654. The highest BCUT2D eigenvalue weighted by atomic mass is 35.5. The molecule has 2 fully saturated rings. The Balaban J connectivity index is 1.73. The summed E-state index contributed by atoms with van der Waals surface area (Å²) < 4.78 is 5.85. The first-order valence-corrected chi connectivity index (χ1v) is 9.15. The Hall–Kier alpha value is -1.62. The number of rotatable bonds is 2. The van der Waals surface area contributed by atoms with Crippen LogP contribution < -0.4 is 0 Å². The van der Waals surface area contributed by atoms with Crippen molar-refractivity contribution >= 4 is 28.3 Å². The van der Waals surface area contributed by atoms with Crippen molar-refractivity contribution in [1.29, 1.82) is 0 Å². The largest absolute Gasteiger partial charge is 0.393 e. The normalized spacial score (nSPS) is 29.0. The summed E-state index contributed by atoms with van der Waals surface area (Å²) in [6.07, 6.45) is 2.55. The highest BCUT2D eigenvalue weighted by Crippen LogP contribution is 2.43. The molecule has 2 aromatic rings. The van der Waals surface area contributed by atoms with Gasteiger partial charge in [-0.25, -0.2) is 0 Å². The highest BCUT2D eigenvalue weighted by molar-refractivity contribution is 6.36. The Bertz CT molecular complexity index is 824. The second-order valence-corrected chi connectivity index (χ2v) is 7.51. The summed E-state index contributed by atoms with van der Waals surface area (Å²) in [5.74, 6) is -0.00843. The third kappa shape index (κ3) is 2.64. The first kappa shape index (κ1) is 16.8. The molecule has 1 aliphatic carbocycles. The number of hydrogen-bond donors (Lipinski definition) is 1. The van der Waals surface area contributed by atoms with Gasteiger partial charge >= 0.3 is 0 Å². The van der Waals surface area contributed by atoms with E-state index in [4.69, 9.17) is 16.3 Å². The molecule has 3 atom stereocenters. The van der Waals surface area contributed by atoms with Crippen molar-refractivity contribution < 1.29 is 14.6 Å². The van der Waals surface area contributed by atoms with Gasteiger partial charge in [-0.3, -0.25) is 4.79 Å². The lowest BCUT2D eigenvalue weighted by atomic mass is 9.79. The third-order valence-electron chi connectivity index (χ3n) is 5.92. The average molecular weight is 360 g/mol. The number of hydrogen-bond acceptors (Lipinski definition) is 3. The van der Waals surface area contributed by atoms with Gasteiger partial charge in [-0.1, -0.05) is 35.9 Å². The van der Waals surface area contributed by atoms with Crippen LogP contribution in [0.2, 0.25) is 5.02 Å². The Morgan fingerprint density at radius 3 is 2.80 bits per heavy atom. The number of carbonyl (C=O) groups is 1. The molecule has 0 radical (unpaired) electrons. The minimum absolute atomic E-state index is 0.00843. The van der Waals surface area contributed by atoms with Gasteiger partial charge in [-0.05, 0) is 43.2 Å². The van der Waals surface area contributed by atoms with Crippen LogP contribution in [-0.2, 0) is 4.74 Å². The van der Waals surface area contributed by atoms with Crippen molar-refractivity contribution in [3.05, 3.63) is 47.0 Å². The number of carbonyl (C=O) groups excluding carboxylic acids is 1. The summed E-state index contributed by atoms with van der Waals surface area (Å²) in [4.78, 5) is 15.2. The molecule has 1 aliphatic heterocycles. The van der Waals surface area contributed by atoms with Crippen LogP contribution in [0.15, 0.2) is 36.4 Å². The molecule has 2 aliphatic rings. The van der Waals surface area contributed by atoms with E-state index in [1.165, 1.54) is 0 Å². The lowest BCUT2D eigenvalue weighted by Crippen LogP contribution is -2.52. The Labute approximate surface area is 152 Å². The van der Waals surface area contributed by atoms with Crippen molar-refractivity contribution in [3.63, 3.8) is 0 Å². The van der Waals surface area contributed by atoms with Crippen LogP contribution in [0.3, 0.4) is 0 Å². The van der Waals surface area contributed by atoms with E-state index in [2.05, 4.69) is 0 Å². The minimum atomic E-state index is -0.372. The Kier molecular flexibility index (Phi) is 4.22. The van der Waals surface area contributed by atoms with Crippen molar-refractivity contribution in [2.24, 2.45) is 0 Å². The van der Waals surface area contributed by atoms with Crippen LogP contribution in [0, 0.1) is 0 Å². The van der Waals surface area contributed by atoms with Crippen LogP contribution in [0.25, 0.3) is 10.8 Å². The Morgan fingerprint density at radius 1 is 1.24 bits per heavy atom. The van der Waals surface area contributed by atoms with E-state index in [1.54, 1.807) is 7.11 Å². The van der Waals surface area contributed by atoms with E-state index < -0.39 is 0 Å². The van der Waals surface area contributed by atoms with Gasteiger partial charge in [-0.2, -0.15) is 0 Å². The summed E-state index contributed by atoms with van der Waals surface area (Å²) >= 11 is 6.29. The average Bonchev–Trinajstić information content (AvgIpc) is 3.00. The van der Waals surface area contributed by atoms with Crippen LogP contribution in [0.5, 0.6) is 0 Å². The fourth-order valence-corrected chi connectivity index (χ4v) is 4.77. The van der Waals surface area contributed by atoms with Crippen LogP contribution >= 0.6 is 11.6 Å². The van der Waals surface area contributed by atoms with Crippen LogP contribution in [0.1, 0.15) is 36.0 Å². The van der Waals surface area contributed by atoms with E-state index in [-0.39, 0.29) is 23.7 Å². The quantitative estimate of drug-likeness (QED) is 0.890. The van der Waals surface area contributed by atoms with E-state index in [0.717, 1.165) is 30.0 Å². The number of aliphatic hydroxyl groups excluding tert-OH is 1. The molecule has 4 nitrogen and oxygen atoms in total. The monoisotopic (exact) mass is 359 g/mol. The number of likely N-dealkylation sites (tertiary alicyclic amines) is 1. The number of aliphatic hydroxyl groups is 1. The van der Waals surface area contributed by atoms with Gasteiger partial charge < -0.3 is 14.7 Å². The number of nitrogens with zero attached hydrogens (tertiary/aromatic N) is 1. The number of halogens is 1. The van der Waals surface area contributed by atoms with Gasteiger partial charge in [0.25, 0.3) is 5.91 Å². The fourth-order valence-electron chi connectivity index (χ4n) is 4.53. The molecule has 1 heterocycles. The molecular formula is C20H22ClNO3. The molecule has 0 spiro atoms. The molecule has 0 bridgehead atoms. The zero-order chi connectivity index (χ0) is 17.6. The van der Waals surface area contributed by atoms with E-state index >= 15 is 0 Å². The van der Waals surface area contributed by atoms with Crippen molar-refractivity contribution in [3.8, 4) is 0 Å². The summed E-state index contributed by atoms with van der Waals surface area (Å²) in [7, 11) is 1.72. The predicted molar refractivity (Wildman–Crippen MR) is 98.0 cm³/mol. The maximum absolute atomic E-state index is 13.3. The van der Waals surface area contributed by atoms with E-state index in [9.17, 15) is 9.90 Å². The van der Waals surface area contributed by atoms with E-state index in [0.29, 0.717) is 23.6 Å². The molecule has 1 N–H and O–H groups in total. The molecule has 0 unspecified atom stereocenters. The van der Waals surface area contributed by atoms with Crippen molar-refractivity contribution in [2.45, 2.75) is 43.4 Å². The van der Waals surface area contributed by atoms with Crippen molar-refractivity contribution in [2.75, 3.05) is 13.7 Å². The van der Waals surface area contributed by atoms with Gasteiger partial charge in [-0.15, -0.1) is 0 Å². The maximum atomic E-state index is 13.3.